The van der Waals surface area contributed by atoms with Gasteiger partial charge in [0.2, 0.25) is 0 Å². The van der Waals surface area contributed by atoms with Crippen LogP contribution in [0.25, 0.3) is 0 Å². The van der Waals surface area contributed by atoms with E-state index in [1.165, 1.54) is 0 Å². The topological polar surface area (TPSA) is 21.3 Å². The Balaban J connectivity index is 2.54. The zero-order valence-electron chi connectivity index (χ0n) is 9.21. The molecule has 1 aromatic rings. The Morgan fingerprint density at radius 2 is 1.86 bits per heavy atom. The third-order valence-corrected chi connectivity index (χ3v) is 2.19. The van der Waals surface area contributed by atoms with Crippen LogP contribution in [0.2, 0.25) is 0 Å². The summed E-state index contributed by atoms with van der Waals surface area (Å²) in [5.41, 5.74) is 1.16. The van der Waals surface area contributed by atoms with Gasteiger partial charge in [0.1, 0.15) is 5.75 Å². The van der Waals surface area contributed by atoms with Gasteiger partial charge in [-0.3, -0.25) is 0 Å². The number of rotatable bonds is 5. The minimum atomic E-state index is 0.521. The van der Waals surface area contributed by atoms with E-state index in [-0.39, 0.29) is 0 Å². The second-order valence-electron chi connectivity index (χ2n) is 3.41. The Labute approximate surface area is 86.3 Å². The zero-order valence-corrected chi connectivity index (χ0v) is 9.21. The molecule has 0 heterocycles. The first-order valence-electron chi connectivity index (χ1n) is 5.25. The molecule has 0 aliphatic carbocycles. The quantitative estimate of drug-likeness (QED) is 0.774. The van der Waals surface area contributed by atoms with Crippen LogP contribution in [0.3, 0.4) is 0 Å². The van der Waals surface area contributed by atoms with Gasteiger partial charge in [-0.1, -0.05) is 6.92 Å². The third kappa shape index (κ3) is 3.29. The van der Waals surface area contributed by atoms with Gasteiger partial charge < -0.3 is 10.1 Å². The lowest BCUT2D eigenvalue weighted by atomic mass is 10.2. The van der Waals surface area contributed by atoms with E-state index in [0.29, 0.717) is 6.04 Å². The van der Waals surface area contributed by atoms with E-state index in [1.54, 1.807) is 0 Å². The molecule has 2 heteroatoms. The van der Waals surface area contributed by atoms with Crippen molar-refractivity contribution < 1.29 is 4.74 Å². The smallest absolute Gasteiger partial charge is 0.119 e. The Morgan fingerprint density at radius 1 is 1.21 bits per heavy atom. The van der Waals surface area contributed by atoms with Crippen molar-refractivity contribution in [1.82, 2.24) is 0 Å². The maximum Gasteiger partial charge on any atom is 0.119 e. The van der Waals surface area contributed by atoms with E-state index in [0.717, 1.165) is 24.5 Å². The Morgan fingerprint density at radius 3 is 2.36 bits per heavy atom. The van der Waals surface area contributed by atoms with Gasteiger partial charge in [-0.05, 0) is 44.5 Å². The Hall–Kier alpha value is -1.18. The number of hydrogen-bond acceptors (Lipinski definition) is 2. The third-order valence-electron chi connectivity index (χ3n) is 2.19. The number of anilines is 1. The molecule has 0 fully saturated rings. The minimum Gasteiger partial charge on any atom is -0.494 e. The fraction of sp³-hybridized carbons (Fsp3) is 0.500. The van der Waals surface area contributed by atoms with Crippen LogP contribution in [-0.2, 0) is 0 Å². The number of ether oxygens (including phenoxy) is 1. The molecular weight excluding hydrogens is 174 g/mol. The van der Waals surface area contributed by atoms with Crippen LogP contribution in [0, 0.1) is 0 Å². The van der Waals surface area contributed by atoms with Crippen molar-refractivity contribution in [1.29, 1.82) is 0 Å². The maximum atomic E-state index is 5.36. The van der Waals surface area contributed by atoms with Crippen LogP contribution >= 0.6 is 0 Å². The second-order valence-corrected chi connectivity index (χ2v) is 3.41. The highest BCUT2D eigenvalue weighted by Crippen LogP contribution is 2.16. The zero-order chi connectivity index (χ0) is 10.4. The fourth-order valence-electron chi connectivity index (χ4n) is 1.20. The number of benzene rings is 1. The van der Waals surface area contributed by atoms with E-state index >= 15 is 0 Å². The van der Waals surface area contributed by atoms with E-state index in [9.17, 15) is 0 Å². The summed E-state index contributed by atoms with van der Waals surface area (Å²) in [5, 5.41) is 3.41. The molecule has 1 aromatic carbocycles. The summed E-state index contributed by atoms with van der Waals surface area (Å²) < 4.78 is 5.36. The number of hydrogen-bond donors (Lipinski definition) is 1. The van der Waals surface area contributed by atoms with Crippen molar-refractivity contribution in [3.63, 3.8) is 0 Å². The lowest BCUT2D eigenvalue weighted by Crippen LogP contribution is -2.13. The van der Waals surface area contributed by atoms with Crippen molar-refractivity contribution in [2.24, 2.45) is 0 Å². The maximum absolute atomic E-state index is 5.36. The van der Waals surface area contributed by atoms with Crippen molar-refractivity contribution in [2.75, 3.05) is 11.9 Å². The van der Waals surface area contributed by atoms with Crippen LogP contribution in [0.5, 0.6) is 5.75 Å². The van der Waals surface area contributed by atoms with E-state index in [2.05, 4.69) is 31.3 Å². The SMILES string of the molecule is CCOc1ccc(N[C@@H](C)CC)cc1. The van der Waals surface area contributed by atoms with Gasteiger partial charge in [0, 0.05) is 11.7 Å². The van der Waals surface area contributed by atoms with Crippen LogP contribution in [0.15, 0.2) is 24.3 Å². The highest BCUT2D eigenvalue weighted by molar-refractivity contribution is 5.46. The average Bonchev–Trinajstić information content (AvgIpc) is 2.21. The molecule has 2 nitrogen and oxygen atoms in total. The van der Waals surface area contributed by atoms with Gasteiger partial charge in [0.15, 0.2) is 0 Å². The predicted octanol–water partition coefficient (Wildman–Crippen LogP) is 3.30. The van der Waals surface area contributed by atoms with Gasteiger partial charge in [-0.25, -0.2) is 0 Å². The lowest BCUT2D eigenvalue weighted by Gasteiger charge is -2.13. The van der Waals surface area contributed by atoms with Crippen molar-refractivity contribution in [3.05, 3.63) is 24.3 Å². The first-order chi connectivity index (χ1) is 6.76. The fourth-order valence-corrected chi connectivity index (χ4v) is 1.20. The van der Waals surface area contributed by atoms with Crippen LogP contribution < -0.4 is 10.1 Å². The van der Waals surface area contributed by atoms with Crippen molar-refractivity contribution >= 4 is 5.69 Å². The molecule has 0 aliphatic rings. The molecule has 1 atom stereocenters. The molecule has 14 heavy (non-hydrogen) atoms. The molecule has 0 aliphatic heterocycles. The molecule has 1 rings (SSSR count). The molecule has 0 amide bonds. The summed E-state index contributed by atoms with van der Waals surface area (Å²) in [7, 11) is 0. The highest BCUT2D eigenvalue weighted by atomic mass is 16.5. The molecule has 0 bridgehead atoms. The monoisotopic (exact) mass is 193 g/mol. The van der Waals surface area contributed by atoms with Crippen molar-refractivity contribution in [3.8, 4) is 5.75 Å². The van der Waals surface area contributed by atoms with Crippen molar-refractivity contribution in [2.45, 2.75) is 33.2 Å². The lowest BCUT2D eigenvalue weighted by molar-refractivity contribution is 0.340. The molecule has 0 radical (unpaired) electrons. The summed E-state index contributed by atoms with van der Waals surface area (Å²) in [6.07, 6.45) is 1.13. The predicted molar refractivity (Wildman–Crippen MR) is 61.0 cm³/mol. The largest absolute Gasteiger partial charge is 0.494 e. The van der Waals surface area contributed by atoms with Crippen LogP contribution in [0.4, 0.5) is 5.69 Å². The highest BCUT2D eigenvalue weighted by Gasteiger charge is 1.98. The van der Waals surface area contributed by atoms with Gasteiger partial charge in [-0.15, -0.1) is 0 Å². The first kappa shape index (κ1) is 10.9. The first-order valence-corrected chi connectivity index (χ1v) is 5.25. The minimum absolute atomic E-state index is 0.521. The molecule has 0 saturated carbocycles. The van der Waals surface area contributed by atoms with E-state index in [1.807, 2.05) is 19.1 Å². The second kappa shape index (κ2) is 5.53. The summed E-state index contributed by atoms with van der Waals surface area (Å²) in [6.45, 7) is 7.06. The summed E-state index contributed by atoms with van der Waals surface area (Å²) in [5.74, 6) is 0.933. The molecular formula is C12H19NO. The molecule has 0 saturated heterocycles. The Bertz CT molecular complexity index is 256. The number of nitrogens with one attached hydrogen (secondary N) is 1. The molecule has 0 spiro atoms. The molecule has 0 unspecified atom stereocenters. The van der Waals surface area contributed by atoms with Gasteiger partial charge >= 0.3 is 0 Å². The van der Waals surface area contributed by atoms with Crippen LogP contribution in [0.1, 0.15) is 27.2 Å². The van der Waals surface area contributed by atoms with Gasteiger partial charge in [0.05, 0.1) is 6.61 Å². The standard InChI is InChI=1S/C12H19NO/c1-4-10(3)13-11-6-8-12(9-7-11)14-5-2/h6-10,13H,4-5H2,1-3H3/t10-/m0/s1. The summed E-state index contributed by atoms with van der Waals surface area (Å²) >= 11 is 0. The molecule has 78 valence electrons. The van der Waals surface area contributed by atoms with Crippen LogP contribution in [-0.4, -0.2) is 12.6 Å². The Kier molecular flexibility index (Phi) is 4.30. The van der Waals surface area contributed by atoms with E-state index in [4.69, 9.17) is 4.74 Å². The summed E-state index contributed by atoms with van der Waals surface area (Å²) in [4.78, 5) is 0. The normalized spacial score (nSPS) is 12.2. The van der Waals surface area contributed by atoms with E-state index < -0.39 is 0 Å². The van der Waals surface area contributed by atoms with Gasteiger partial charge in [0.25, 0.3) is 0 Å². The average molecular weight is 193 g/mol. The molecule has 0 aromatic heterocycles. The molecule has 1 N–H and O–H groups in total. The summed E-state index contributed by atoms with van der Waals surface area (Å²) in [6, 6.07) is 8.62. The van der Waals surface area contributed by atoms with Gasteiger partial charge in [-0.2, -0.15) is 0 Å².